The highest BCUT2D eigenvalue weighted by Crippen LogP contribution is 2.42. The number of likely N-dealkylation sites (N-methyl/N-ethyl adjacent to an activating group) is 1. The van der Waals surface area contributed by atoms with Crippen LogP contribution < -0.4 is 5.32 Å². The topological polar surface area (TPSA) is 24.9 Å². The molecule has 1 N–H and O–H groups in total. The summed E-state index contributed by atoms with van der Waals surface area (Å²) >= 11 is 1.92. The van der Waals surface area contributed by atoms with Crippen LogP contribution in [0.5, 0.6) is 0 Å². The van der Waals surface area contributed by atoms with Crippen LogP contribution in [-0.2, 0) is 6.42 Å². The summed E-state index contributed by atoms with van der Waals surface area (Å²) in [6, 6.07) is 7.07. The van der Waals surface area contributed by atoms with Gasteiger partial charge in [0.1, 0.15) is 0 Å². The molecule has 20 heavy (non-hydrogen) atoms. The summed E-state index contributed by atoms with van der Waals surface area (Å²) in [6.45, 7) is 5.23. The molecule has 0 aromatic carbocycles. The van der Waals surface area contributed by atoms with Crippen LogP contribution in [0.4, 0.5) is 0 Å². The van der Waals surface area contributed by atoms with Crippen molar-refractivity contribution in [3.63, 3.8) is 0 Å². The first-order valence-corrected chi connectivity index (χ1v) is 8.39. The fourth-order valence-electron chi connectivity index (χ4n) is 3.24. The molecule has 2 unspecified atom stereocenters. The van der Waals surface area contributed by atoms with Crippen molar-refractivity contribution < 1.29 is 0 Å². The Morgan fingerprint density at radius 2 is 2.30 bits per heavy atom. The van der Waals surface area contributed by atoms with Crippen molar-refractivity contribution in [3.8, 4) is 0 Å². The summed E-state index contributed by atoms with van der Waals surface area (Å²) in [4.78, 5) is 6.07. The molecule has 2 aromatic rings. The van der Waals surface area contributed by atoms with E-state index in [1.54, 1.807) is 10.4 Å². The number of fused-ring (bicyclic) bond motifs is 1. The minimum atomic E-state index is 0.391. The number of nitrogens with zero attached hydrogens (tertiary/aromatic N) is 1. The van der Waals surface area contributed by atoms with Crippen LogP contribution in [0.3, 0.4) is 0 Å². The average Bonchev–Trinajstić information content (AvgIpc) is 2.94. The maximum Gasteiger partial charge on any atom is 0.0405 e. The van der Waals surface area contributed by atoms with E-state index in [1.165, 1.54) is 24.8 Å². The van der Waals surface area contributed by atoms with Crippen LogP contribution in [-0.4, -0.2) is 11.5 Å². The van der Waals surface area contributed by atoms with Crippen LogP contribution in [0.1, 0.15) is 53.4 Å². The molecule has 0 saturated heterocycles. The fraction of sp³-hybridized carbons (Fsp3) is 0.471. The summed E-state index contributed by atoms with van der Waals surface area (Å²) < 4.78 is 0. The van der Waals surface area contributed by atoms with Crippen molar-refractivity contribution in [2.24, 2.45) is 0 Å². The van der Waals surface area contributed by atoms with Crippen molar-refractivity contribution in [1.29, 1.82) is 0 Å². The lowest BCUT2D eigenvalue weighted by Crippen LogP contribution is -2.28. The highest BCUT2D eigenvalue weighted by molar-refractivity contribution is 7.10. The molecule has 1 aliphatic carbocycles. The molecule has 0 spiro atoms. The summed E-state index contributed by atoms with van der Waals surface area (Å²) in [5, 5.41) is 5.93. The van der Waals surface area contributed by atoms with Crippen LogP contribution in [0.15, 0.2) is 29.8 Å². The second-order valence-electron chi connectivity index (χ2n) is 5.57. The molecule has 106 valence electrons. The largest absolute Gasteiger partial charge is 0.310 e. The lowest BCUT2D eigenvalue weighted by molar-refractivity contribution is 0.410. The monoisotopic (exact) mass is 286 g/mol. The molecule has 0 bridgehead atoms. The van der Waals surface area contributed by atoms with Crippen molar-refractivity contribution in [2.75, 3.05) is 6.54 Å². The smallest absolute Gasteiger partial charge is 0.0405 e. The highest BCUT2D eigenvalue weighted by Gasteiger charge is 2.29. The van der Waals surface area contributed by atoms with E-state index < -0.39 is 0 Å². The molecular weight excluding hydrogens is 264 g/mol. The summed E-state index contributed by atoms with van der Waals surface area (Å²) in [5.41, 5.74) is 3.97. The van der Waals surface area contributed by atoms with Crippen LogP contribution in [0.2, 0.25) is 0 Å². The highest BCUT2D eigenvalue weighted by atomic mass is 32.1. The zero-order chi connectivity index (χ0) is 13.9. The van der Waals surface area contributed by atoms with Crippen molar-refractivity contribution >= 4 is 11.3 Å². The number of rotatable bonds is 4. The lowest BCUT2D eigenvalue weighted by Gasteiger charge is -2.31. The third-order valence-electron chi connectivity index (χ3n) is 4.22. The molecule has 2 atom stereocenters. The normalized spacial score (nSPS) is 19.6. The molecule has 0 amide bonds. The van der Waals surface area contributed by atoms with Crippen molar-refractivity contribution in [2.45, 2.75) is 45.1 Å². The van der Waals surface area contributed by atoms with Gasteiger partial charge in [-0.25, -0.2) is 0 Å². The molecule has 3 rings (SSSR count). The van der Waals surface area contributed by atoms with Gasteiger partial charge < -0.3 is 5.32 Å². The van der Waals surface area contributed by atoms with E-state index in [0.29, 0.717) is 12.0 Å². The van der Waals surface area contributed by atoms with E-state index >= 15 is 0 Å². The Morgan fingerprint density at radius 3 is 3.05 bits per heavy atom. The maximum atomic E-state index is 4.48. The van der Waals surface area contributed by atoms with Gasteiger partial charge in [-0.15, -0.1) is 11.3 Å². The molecule has 2 nitrogen and oxygen atoms in total. The lowest BCUT2D eigenvalue weighted by atomic mass is 9.80. The molecular formula is C17H22N2S. The third kappa shape index (κ3) is 2.65. The number of pyridine rings is 1. The molecule has 3 heteroatoms. The van der Waals surface area contributed by atoms with Crippen LogP contribution >= 0.6 is 11.3 Å². The predicted molar refractivity (Wildman–Crippen MR) is 85.4 cm³/mol. The molecule has 2 aromatic heterocycles. The third-order valence-corrected chi connectivity index (χ3v) is 5.21. The second kappa shape index (κ2) is 6.06. The van der Waals surface area contributed by atoms with Crippen LogP contribution in [0, 0.1) is 6.92 Å². The van der Waals surface area contributed by atoms with Gasteiger partial charge in [0.15, 0.2) is 0 Å². The van der Waals surface area contributed by atoms with E-state index in [9.17, 15) is 0 Å². The molecule has 0 fully saturated rings. The summed E-state index contributed by atoms with van der Waals surface area (Å²) in [5.74, 6) is 0.592. The van der Waals surface area contributed by atoms with Gasteiger partial charge in [-0.2, -0.15) is 0 Å². The Morgan fingerprint density at radius 1 is 1.40 bits per heavy atom. The van der Waals surface area contributed by atoms with Gasteiger partial charge in [0, 0.05) is 28.7 Å². The molecule has 2 heterocycles. The number of hydrogen-bond donors (Lipinski definition) is 1. The van der Waals surface area contributed by atoms with E-state index in [2.05, 4.69) is 40.8 Å². The molecule has 0 saturated carbocycles. The van der Waals surface area contributed by atoms with Gasteiger partial charge in [-0.3, -0.25) is 4.98 Å². The van der Waals surface area contributed by atoms with E-state index in [0.717, 1.165) is 12.2 Å². The van der Waals surface area contributed by atoms with Crippen molar-refractivity contribution in [3.05, 3.63) is 51.5 Å². The minimum absolute atomic E-state index is 0.391. The van der Waals surface area contributed by atoms with Gasteiger partial charge in [0.25, 0.3) is 0 Å². The maximum absolute atomic E-state index is 4.48. The van der Waals surface area contributed by atoms with Crippen molar-refractivity contribution in [1.82, 2.24) is 10.3 Å². The molecule has 1 aliphatic rings. The van der Waals surface area contributed by atoms with Gasteiger partial charge in [0.2, 0.25) is 0 Å². The average molecular weight is 286 g/mol. The number of aryl methyl sites for hydroxylation is 2. The Hall–Kier alpha value is -1.19. The Kier molecular flexibility index (Phi) is 4.18. The Labute approximate surface area is 125 Å². The second-order valence-corrected chi connectivity index (χ2v) is 6.57. The van der Waals surface area contributed by atoms with Gasteiger partial charge in [0.05, 0.1) is 0 Å². The molecule has 0 aliphatic heterocycles. The van der Waals surface area contributed by atoms with E-state index in [4.69, 9.17) is 0 Å². The fourth-order valence-corrected chi connectivity index (χ4v) is 4.24. The van der Waals surface area contributed by atoms with Gasteiger partial charge >= 0.3 is 0 Å². The zero-order valence-corrected chi connectivity index (χ0v) is 13.0. The minimum Gasteiger partial charge on any atom is -0.310 e. The number of hydrogen-bond acceptors (Lipinski definition) is 3. The van der Waals surface area contributed by atoms with Crippen LogP contribution in [0.25, 0.3) is 0 Å². The van der Waals surface area contributed by atoms with E-state index in [1.807, 2.05) is 24.5 Å². The quantitative estimate of drug-likeness (QED) is 0.910. The zero-order valence-electron chi connectivity index (χ0n) is 12.2. The number of nitrogens with one attached hydrogen (secondary N) is 1. The SMILES string of the molecule is CCNC(c1ccc(C)nc1)C1CCCc2sccc21. The first kappa shape index (κ1) is 13.8. The first-order chi connectivity index (χ1) is 9.79. The first-order valence-electron chi connectivity index (χ1n) is 7.51. The number of thiophene rings is 1. The van der Waals surface area contributed by atoms with Gasteiger partial charge in [-0.1, -0.05) is 13.0 Å². The summed E-state index contributed by atoms with van der Waals surface area (Å²) in [7, 11) is 0. The Bertz CT molecular complexity index is 559. The van der Waals surface area contributed by atoms with E-state index in [-0.39, 0.29) is 0 Å². The van der Waals surface area contributed by atoms with Gasteiger partial charge in [-0.05, 0) is 61.4 Å². The Balaban J connectivity index is 1.94. The summed E-state index contributed by atoms with van der Waals surface area (Å²) in [6.07, 6.45) is 5.88. The standard InChI is InChI=1S/C17H22N2S/c1-3-18-17(13-8-7-12(2)19-11-13)15-5-4-6-16-14(15)9-10-20-16/h7-11,15,17-18H,3-6H2,1-2H3. The predicted octanol–water partition coefficient (Wildman–Crippen LogP) is 4.22. The molecule has 0 radical (unpaired) electrons. The number of aromatic nitrogens is 1.